The fraction of sp³-hybridized carbons (Fsp3) is 0.286. The van der Waals surface area contributed by atoms with Crippen LogP contribution in [0.25, 0.3) is 33.4 Å². The number of aromatic nitrogens is 1. The Morgan fingerprint density at radius 1 is 1.03 bits per heavy atom. The first kappa shape index (κ1) is 21.3. The molecular formula is C28H27N2O3. The Kier molecular flexibility index (Phi) is 5.20. The van der Waals surface area contributed by atoms with Crippen LogP contribution in [0.3, 0.4) is 0 Å². The maximum Gasteiger partial charge on any atom is 0.408 e. The van der Waals surface area contributed by atoms with Gasteiger partial charge in [0, 0.05) is 17.3 Å². The molecule has 5 rings (SSSR count). The highest BCUT2D eigenvalue weighted by atomic mass is 16.6. The van der Waals surface area contributed by atoms with Crippen molar-refractivity contribution in [2.75, 3.05) is 0 Å². The van der Waals surface area contributed by atoms with Gasteiger partial charge < -0.3 is 14.5 Å². The smallest absolute Gasteiger partial charge is 0.408 e. The topological polar surface area (TPSA) is 64.4 Å². The fourth-order valence-electron chi connectivity index (χ4n) is 4.42. The summed E-state index contributed by atoms with van der Waals surface area (Å²) in [5.41, 5.74) is 3.93. The summed E-state index contributed by atoms with van der Waals surface area (Å²) in [7, 11) is 0. The molecule has 1 aliphatic rings. The highest BCUT2D eigenvalue weighted by Gasteiger charge is 2.41. The molecule has 0 saturated heterocycles. The SMILES string of the molecule is CC(C)(C)OC(=O)NC1(c2ccc(-c3oc4ccn[c]c4c3-c3ccccc3)cc2)CCC1. The van der Waals surface area contributed by atoms with E-state index >= 15 is 0 Å². The zero-order valence-corrected chi connectivity index (χ0v) is 19.1. The molecule has 167 valence electrons. The van der Waals surface area contributed by atoms with Crippen LogP contribution < -0.4 is 5.32 Å². The minimum absolute atomic E-state index is 0.377. The minimum Gasteiger partial charge on any atom is -0.455 e. The largest absolute Gasteiger partial charge is 0.455 e. The Labute approximate surface area is 193 Å². The zero-order valence-electron chi connectivity index (χ0n) is 19.1. The third-order valence-electron chi connectivity index (χ3n) is 6.12. The Morgan fingerprint density at radius 3 is 2.39 bits per heavy atom. The summed E-state index contributed by atoms with van der Waals surface area (Å²) >= 11 is 0. The zero-order chi connectivity index (χ0) is 23.1. The number of fused-ring (bicyclic) bond motifs is 1. The summed E-state index contributed by atoms with van der Waals surface area (Å²) in [6.07, 6.45) is 7.27. The predicted octanol–water partition coefficient (Wildman–Crippen LogP) is 6.87. The molecule has 1 radical (unpaired) electrons. The van der Waals surface area contributed by atoms with Crippen molar-refractivity contribution >= 4 is 17.1 Å². The van der Waals surface area contributed by atoms with Crippen LogP contribution in [0.5, 0.6) is 0 Å². The number of carbonyl (C=O) groups excluding carboxylic acids is 1. The molecule has 33 heavy (non-hydrogen) atoms. The second kappa shape index (κ2) is 8.07. The number of hydrogen-bond donors (Lipinski definition) is 1. The fourth-order valence-corrected chi connectivity index (χ4v) is 4.42. The summed E-state index contributed by atoms with van der Waals surface area (Å²) < 4.78 is 11.8. The molecule has 1 amide bonds. The van der Waals surface area contributed by atoms with E-state index in [1.54, 1.807) is 6.20 Å². The summed E-state index contributed by atoms with van der Waals surface area (Å²) in [4.78, 5) is 16.7. The molecule has 0 spiro atoms. The number of amides is 1. The van der Waals surface area contributed by atoms with Crippen LogP contribution in [-0.4, -0.2) is 16.7 Å². The van der Waals surface area contributed by atoms with Gasteiger partial charge in [0.1, 0.15) is 23.1 Å². The number of nitrogens with one attached hydrogen (secondary N) is 1. The van der Waals surface area contributed by atoms with E-state index in [1.807, 2.05) is 45.0 Å². The predicted molar refractivity (Wildman–Crippen MR) is 129 cm³/mol. The van der Waals surface area contributed by atoms with E-state index in [2.05, 4.69) is 52.9 Å². The lowest BCUT2D eigenvalue weighted by Gasteiger charge is -2.43. The molecule has 1 N–H and O–H groups in total. The summed E-state index contributed by atoms with van der Waals surface area (Å²) in [5.74, 6) is 0.787. The molecule has 1 fully saturated rings. The van der Waals surface area contributed by atoms with E-state index in [-0.39, 0.29) is 11.6 Å². The van der Waals surface area contributed by atoms with Crippen LogP contribution in [0, 0.1) is 6.20 Å². The van der Waals surface area contributed by atoms with Gasteiger partial charge in [-0.15, -0.1) is 0 Å². The Balaban J connectivity index is 1.50. The van der Waals surface area contributed by atoms with Gasteiger partial charge in [-0.25, -0.2) is 4.79 Å². The van der Waals surface area contributed by atoms with Crippen molar-refractivity contribution in [1.29, 1.82) is 0 Å². The molecule has 5 nitrogen and oxygen atoms in total. The number of nitrogens with zero attached hydrogens (tertiary/aromatic N) is 1. The molecule has 1 saturated carbocycles. The lowest BCUT2D eigenvalue weighted by atomic mass is 9.71. The number of benzene rings is 2. The van der Waals surface area contributed by atoms with Crippen LogP contribution in [0.1, 0.15) is 45.6 Å². The number of rotatable bonds is 4. The molecule has 5 heteroatoms. The van der Waals surface area contributed by atoms with Crippen LogP contribution in [0.4, 0.5) is 4.79 Å². The van der Waals surface area contributed by atoms with Crippen molar-refractivity contribution in [3.05, 3.63) is 78.6 Å². The molecule has 0 unspecified atom stereocenters. The number of ether oxygens (including phenoxy) is 1. The van der Waals surface area contributed by atoms with E-state index in [9.17, 15) is 4.79 Å². The lowest BCUT2D eigenvalue weighted by Crippen LogP contribution is -2.52. The molecule has 2 aromatic heterocycles. The maximum absolute atomic E-state index is 12.5. The van der Waals surface area contributed by atoms with Crippen LogP contribution in [0.15, 0.2) is 71.3 Å². The van der Waals surface area contributed by atoms with Crippen molar-refractivity contribution < 1.29 is 13.9 Å². The van der Waals surface area contributed by atoms with Gasteiger partial charge in [-0.3, -0.25) is 4.98 Å². The molecule has 2 aromatic carbocycles. The molecule has 0 aliphatic heterocycles. The Bertz CT molecular complexity index is 1280. The molecular weight excluding hydrogens is 412 g/mol. The molecule has 0 atom stereocenters. The van der Waals surface area contributed by atoms with Crippen LogP contribution >= 0.6 is 0 Å². The van der Waals surface area contributed by atoms with E-state index in [1.165, 1.54) is 0 Å². The van der Waals surface area contributed by atoms with E-state index in [4.69, 9.17) is 9.15 Å². The van der Waals surface area contributed by atoms with Gasteiger partial charge in [-0.1, -0.05) is 54.6 Å². The standard InChI is InChI=1S/C28H27N2O3/c1-27(2,3)33-26(31)30-28(15-7-16-28)21-12-10-20(11-13-21)25-24(19-8-5-4-6-9-19)22-18-29-17-14-23(22)32-25/h4-6,8-14,17H,7,15-16H2,1-3H3,(H,30,31). The van der Waals surface area contributed by atoms with Gasteiger partial charge in [-0.2, -0.15) is 0 Å². The van der Waals surface area contributed by atoms with Crippen LogP contribution in [0.2, 0.25) is 0 Å². The average molecular weight is 440 g/mol. The Morgan fingerprint density at radius 2 is 1.76 bits per heavy atom. The van der Waals surface area contributed by atoms with E-state index in [0.717, 1.165) is 58.2 Å². The first-order valence-electron chi connectivity index (χ1n) is 11.3. The van der Waals surface area contributed by atoms with Gasteiger partial charge in [0.05, 0.1) is 10.9 Å². The van der Waals surface area contributed by atoms with Crippen molar-refractivity contribution in [3.63, 3.8) is 0 Å². The van der Waals surface area contributed by atoms with E-state index in [0.29, 0.717) is 0 Å². The summed E-state index contributed by atoms with van der Waals surface area (Å²) in [6, 6.07) is 20.3. The number of hydrogen-bond acceptors (Lipinski definition) is 4. The lowest BCUT2D eigenvalue weighted by molar-refractivity contribution is 0.0377. The molecule has 4 aromatic rings. The number of furan rings is 1. The quantitative estimate of drug-likeness (QED) is 0.377. The number of pyridine rings is 1. The van der Waals surface area contributed by atoms with Crippen LogP contribution in [-0.2, 0) is 10.3 Å². The minimum atomic E-state index is -0.528. The monoisotopic (exact) mass is 439 g/mol. The first-order chi connectivity index (χ1) is 15.8. The van der Waals surface area contributed by atoms with Gasteiger partial charge in [0.25, 0.3) is 0 Å². The normalized spacial score (nSPS) is 15.1. The van der Waals surface area contributed by atoms with Crippen molar-refractivity contribution in [2.24, 2.45) is 0 Å². The highest BCUT2D eigenvalue weighted by Crippen LogP contribution is 2.44. The Hall–Kier alpha value is -3.60. The third kappa shape index (κ3) is 4.11. The average Bonchev–Trinajstić information content (AvgIpc) is 3.15. The summed E-state index contributed by atoms with van der Waals surface area (Å²) in [5, 5.41) is 3.99. The summed E-state index contributed by atoms with van der Waals surface area (Å²) in [6.45, 7) is 5.62. The maximum atomic E-state index is 12.5. The molecule has 2 heterocycles. The highest BCUT2D eigenvalue weighted by molar-refractivity contribution is 6.00. The second-order valence-corrected chi connectivity index (χ2v) is 9.61. The van der Waals surface area contributed by atoms with Crippen molar-refractivity contribution in [3.8, 4) is 22.5 Å². The van der Waals surface area contributed by atoms with Crippen molar-refractivity contribution in [2.45, 2.75) is 51.2 Å². The number of alkyl carbamates (subject to hydrolysis) is 1. The molecule has 0 bridgehead atoms. The van der Waals surface area contributed by atoms with Crippen molar-refractivity contribution in [1.82, 2.24) is 10.3 Å². The second-order valence-electron chi connectivity index (χ2n) is 9.61. The first-order valence-corrected chi connectivity index (χ1v) is 11.3. The van der Waals surface area contributed by atoms with Gasteiger partial charge >= 0.3 is 6.09 Å². The van der Waals surface area contributed by atoms with Gasteiger partial charge in [-0.05, 0) is 57.2 Å². The van der Waals surface area contributed by atoms with Gasteiger partial charge in [0.15, 0.2) is 0 Å². The van der Waals surface area contributed by atoms with E-state index < -0.39 is 5.60 Å². The number of carbonyl (C=O) groups is 1. The van der Waals surface area contributed by atoms with Gasteiger partial charge in [0.2, 0.25) is 0 Å². The molecule has 1 aliphatic carbocycles. The third-order valence-corrected chi connectivity index (χ3v) is 6.12.